The number of ether oxygens (including phenoxy) is 1. The minimum atomic E-state index is 0.123. The van der Waals surface area contributed by atoms with E-state index < -0.39 is 0 Å². The lowest BCUT2D eigenvalue weighted by molar-refractivity contribution is 0.0690. The quantitative estimate of drug-likeness (QED) is 0.844. The molecule has 108 valence electrons. The van der Waals surface area contributed by atoms with Gasteiger partial charge in [0.15, 0.2) is 0 Å². The molecule has 1 aliphatic heterocycles. The summed E-state index contributed by atoms with van der Waals surface area (Å²) in [6.07, 6.45) is 6.15. The van der Waals surface area contributed by atoms with E-state index >= 15 is 0 Å². The maximum atomic E-state index is 12.7. The molecule has 2 unspecified atom stereocenters. The van der Waals surface area contributed by atoms with E-state index in [0.29, 0.717) is 29.0 Å². The Bertz CT molecular complexity index is 515. The van der Waals surface area contributed by atoms with Crippen molar-refractivity contribution in [3.8, 4) is 5.75 Å². The number of hydrogen-bond acceptors (Lipinski definition) is 3. The van der Waals surface area contributed by atoms with Crippen LogP contribution >= 0.6 is 0 Å². The van der Waals surface area contributed by atoms with Crippen LogP contribution in [-0.4, -0.2) is 30.5 Å². The van der Waals surface area contributed by atoms with Crippen molar-refractivity contribution in [1.29, 1.82) is 0 Å². The molecule has 1 aliphatic carbocycles. The molecule has 0 bridgehead atoms. The Balaban J connectivity index is 1.82. The number of hydrogen-bond donors (Lipinski definition) is 1. The van der Waals surface area contributed by atoms with Crippen molar-refractivity contribution in [2.75, 3.05) is 19.4 Å². The predicted octanol–water partition coefficient (Wildman–Crippen LogP) is 2.68. The molecule has 2 N–H and O–H groups in total. The number of likely N-dealkylation sites (tertiary alicyclic amines) is 1. The average Bonchev–Trinajstić information content (AvgIpc) is 2.91. The average molecular weight is 274 g/mol. The minimum absolute atomic E-state index is 0.123. The molecule has 1 saturated carbocycles. The maximum Gasteiger partial charge on any atom is 0.254 e. The Morgan fingerprint density at radius 2 is 2.10 bits per heavy atom. The van der Waals surface area contributed by atoms with Crippen LogP contribution in [0.25, 0.3) is 0 Å². The van der Waals surface area contributed by atoms with Gasteiger partial charge in [0.05, 0.1) is 12.8 Å². The third-order valence-electron chi connectivity index (χ3n) is 4.75. The minimum Gasteiger partial charge on any atom is -0.495 e. The summed E-state index contributed by atoms with van der Waals surface area (Å²) in [5.41, 5.74) is 7.06. The molecule has 1 amide bonds. The topological polar surface area (TPSA) is 55.6 Å². The number of nitrogens with zero attached hydrogens (tertiary/aromatic N) is 1. The van der Waals surface area contributed by atoms with E-state index in [-0.39, 0.29) is 5.91 Å². The monoisotopic (exact) mass is 274 g/mol. The van der Waals surface area contributed by atoms with Gasteiger partial charge in [-0.2, -0.15) is 0 Å². The number of rotatable bonds is 2. The number of nitrogen functional groups attached to an aromatic ring is 1. The number of benzene rings is 1. The molecule has 20 heavy (non-hydrogen) atoms. The number of amides is 1. The Morgan fingerprint density at radius 1 is 1.30 bits per heavy atom. The highest BCUT2D eigenvalue weighted by Gasteiger charge is 2.38. The van der Waals surface area contributed by atoms with Gasteiger partial charge < -0.3 is 15.4 Å². The number of fused-ring (bicyclic) bond motifs is 1. The van der Waals surface area contributed by atoms with Crippen LogP contribution in [0.4, 0.5) is 5.69 Å². The van der Waals surface area contributed by atoms with Crippen LogP contribution < -0.4 is 10.5 Å². The summed E-state index contributed by atoms with van der Waals surface area (Å²) in [7, 11) is 1.58. The number of anilines is 1. The fraction of sp³-hybridized carbons (Fsp3) is 0.562. The largest absolute Gasteiger partial charge is 0.495 e. The second-order valence-corrected chi connectivity index (χ2v) is 5.86. The van der Waals surface area contributed by atoms with Gasteiger partial charge in [0, 0.05) is 18.2 Å². The SMILES string of the molecule is COc1cc(C(=O)N2CCC3CCCCC32)ccc1N. The second kappa shape index (κ2) is 5.35. The summed E-state index contributed by atoms with van der Waals surface area (Å²) in [5.74, 6) is 1.41. The van der Waals surface area contributed by atoms with Gasteiger partial charge in [-0.05, 0) is 43.4 Å². The maximum absolute atomic E-state index is 12.7. The summed E-state index contributed by atoms with van der Waals surface area (Å²) in [5, 5.41) is 0. The number of nitrogens with two attached hydrogens (primary N) is 1. The van der Waals surface area contributed by atoms with Crippen LogP contribution in [0.1, 0.15) is 42.5 Å². The van der Waals surface area contributed by atoms with E-state index in [1.54, 1.807) is 25.3 Å². The van der Waals surface area contributed by atoms with E-state index in [4.69, 9.17) is 10.5 Å². The zero-order valence-corrected chi connectivity index (χ0v) is 12.0. The van der Waals surface area contributed by atoms with Gasteiger partial charge in [0.1, 0.15) is 5.75 Å². The van der Waals surface area contributed by atoms with Gasteiger partial charge in [-0.3, -0.25) is 4.79 Å². The lowest BCUT2D eigenvalue weighted by Gasteiger charge is -2.31. The fourth-order valence-electron chi connectivity index (χ4n) is 3.67. The van der Waals surface area contributed by atoms with Gasteiger partial charge >= 0.3 is 0 Å². The summed E-state index contributed by atoms with van der Waals surface area (Å²) in [4.78, 5) is 14.8. The molecule has 1 aromatic carbocycles. The van der Waals surface area contributed by atoms with Gasteiger partial charge in [0.2, 0.25) is 0 Å². The summed E-state index contributed by atoms with van der Waals surface area (Å²) >= 11 is 0. The Morgan fingerprint density at radius 3 is 2.90 bits per heavy atom. The standard InChI is InChI=1S/C16H22N2O2/c1-20-15-10-12(6-7-13(15)17)16(19)18-9-8-11-4-2-3-5-14(11)18/h6-7,10-11,14H,2-5,8-9,17H2,1H3. The molecule has 4 heteroatoms. The summed E-state index contributed by atoms with van der Waals surface area (Å²) in [6, 6.07) is 5.75. The van der Waals surface area contributed by atoms with E-state index in [1.807, 2.05) is 0 Å². The summed E-state index contributed by atoms with van der Waals surface area (Å²) < 4.78 is 5.21. The van der Waals surface area contributed by atoms with Gasteiger partial charge in [-0.25, -0.2) is 0 Å². The number of carbonyl (C=O) groups excluding carboxylic acids is 1. The van der Waals surface area contributed by atoms with Crippen LogP contribution in [0.3, 0.4) is 0 Å². The Labute approximate surface area is 119 Å². The molecule has 0 radical (unpaired) electrons. The molecule has 1 aromatic rings. The number of carbonyl (C=O) groups is 1. The molecular weight excluding hydrogens is 252 g/mol. The molecule has 1 saturated heterocycles. The highest BCUT2D eigenvalue weighted by atomic mass is 16.5. The highest BCUT2D eigenvalue weighted by Crippen LogP contribution is 2.37. The smallest absolute Gasteiger partial charge is 0.254 e. The predicted molar refractivity (Wildman–Crippen MR) is 78.8 cm³/mol. The molecule has 3 rings (SSSR count). The zero-order valence-electron chi connectivity index (χ0n) is 12.0. The van der Waals surface area contributed by atoms with Crippen molar-refractivity contribution >= 4 is 11.6 Å². The molecule has 2 aliphatic rings. The molecule has 2 fully saturated rings. The first-order valence-corrected chi connectivity index (χ1v) is 7.45. The van der Waals surface area contributed by atoms with E-state index in [2.05, 4.69) is 4.90 Å². The van der Waals surface area contributed by atoms with E-state index in [0.717, 1.165) is 19.4 Å². The van der Waals surface area contributed by atoms with Crippen molar-refractivity contribution in [3.63, 3.8) is 0 Å². The Kier molecular flexibility index (Phi) is 3.55. The number of methoxy groups -OCH3 is 1. The van der Waals surface area contributed by atoms with Crippen molar-refractivity contribution < 1.29 is 9.53 Å². The van der Waals surface area contributed by atoms with Crippen molar-refractivity contribution in [2.45, 2.75) is 38.1 Å². The van der Waals surface area contributed by atoms with Crippen molar-refractivity contribution in [3.05, 3.63) is 23.8 Å². The zero-order chi connectivity index (χ0) is 14.1. The third kappa shape index (κ3) is 2.23. The van der Waals surface area contributed by atoms with Crippen LogP contribution in [0.2, 0.25) is 0 Å². The van der Waals surface area contributed by atoms with Crippen LogP contribution in [0.15, 0.2) is 18.2 Å². The van der Waals surface area contributed by atoms with Crippen molar-refractivity contribution in [2.24, 2.45) is 5.92 Å². The van der Waals surface area contributed by atoms with E-state index in [9.17, 15) is 4.79 Å². The van der Waals surface area contributed by atoms with Crippen molar-refractivity contribution in [1.82, 2.24) is 4.90 Å². The molecule has 1 heterocycles. The third-order valence-corrected chi connectivity index (χ3v) is 4.75. The first kappa shape index (κ1) is 13.3. The van der Waals surface area contributed by atoms with E-state index in [1.165, 1.54) is 19.3 Å². The normalized spacial score (nSPS) is 25.4. The molecule has 4 nitrogen and oxygen atoms in total. The molecule has 0 spiro atoms. The lowest BCUT2D eigenvalue weighted by atomic mass is 9.85. The Hall–Kier alpha value is -1.71. The molecule has 0 aromatic heterocycles. The first-order chi connectivity index (χ1) is 9.70. The van der Waals surface area contributed by atoms with Crippen LogP contribution in [0.5, 0.6) is 5.75 Å². The second-order valence-electron chi connectivity index (χ2n) is 5.86. The summed E-state index contributed by atoms with van der Waals surface area (Å²) in [6.45, 7) is 0.890. The van der Waals surface area contributed by atoms with Gasteiger partial charge in [-0.15, -0.1) is 0 Å². The van der Waals surface area contributed by atoms with Crippen LogP contribution in [-0.2, 0) is 0 Å². The van der Waals surface area contributed by atoms with Crippen LogP contribution in [0, 0.1) is 5.92 Å². The fourth-order valence-corrected chi connectivity index (χ4v) is 3.67. The van der Waals surface area contributed by atoms with Gasteiger partial charge in [0.25, 0.3) is 5.91 Å². The highest BCUT2D eigenvalue weighted by molar-refractivity contribution is 5.95. The molecule has 2 atom stereocenters. The van der Waals surface area contributed by atoms with Gasteiger partial charge in [-0.1, -0.05) is 12.8 Å². The molecular formula is C16H22N2O2. The first-order valence-electron chi connectivity index (χ1n) is 7.45. The lowest BCUT2D eigenvalue weighted by Crippen LogP contribution is -2.39.